The first-order valence-electron chi connectivity index (χ1n) is 11.1. The number of hydrogen-bond acceptors (Lipinski definition) is 4. The SMILES string of the molecule is CC(c1ccc(Cl)cc1)N(C(=O)C1CCN(C2=NS(=O)(=O)c3ccccc32)CC1)C1CC1. The van der Waals surface area contributed by atoms with E-state index in [9.17, 15) is 13.2 Å². The van der Waals surface area contributed by atoms with E-state index < -0.39 is 10.0 Å². The van der Waals surface area contributed by atoms with Gasteiger partial charge in [0, 0.05) is 35.6 Å². The van der Waals surface area contributed by atoms with Crippen molar-refractivity contribution in [2.45, 2.75) is 49.6 Å². The summed E-state index contributed by atoms with van der Waals surface area (Å²) in [6, 6.07) is 15.0. The molecule has 2 aromatic carbocycles. The molecule has 32 heavy (non-hydrogen) atoms. The predicted molar refractivity (Wildman–Crippen MR) is 124 cm³/mol. The van der Waals surface area contributed by atoms with Crippen LogP contribution in [0.3, 0.4) is 0 Å². The molecule has 3 aliphatic rings. The molecule has 5 rings (SSSR count). The molecule has 1 amide bonds. The number of benzene rings is 2. The molecule has 2 aliphatic heterocycles. The lowest BCUT2D eigenvalue weighted by molar-refractivity contribution is -0.139. The molecule has 8 heteroatoms. The highest BCUT2D eigenvalue weighted by Gasteiger charge is 2.41. The van der Waals surface area contributed by atoms with Gasteiger partial charge in [-0.3, -0.25) is 4.79 Å². The molecule has 0 bridgehead atoms. The Morgan fingerprint density at radius 1 is 1.06 bits per heavy atom. The zero-order valence-electron chi connectivity index (χ0n) is 17.9. The van der Waals surface area contributed by atoms with Gasteiger partial charge in [0.05, 0.1) is 6.04 Å². The molecule has 168 valence electrons. The summed E-state index contributed by atoms with van der Waals surface area (Å²) < 4.78 is 28.8. The lowest BCUT2D eigenvalue weighted by Crippen LogP contribution is -2.45. The number of piperidine rings is 1. The minimum Gasteiger partial charge on any atom is -0.355 e. The maximum Gasteiger partial charge on any atom is 0.285 e. The van der Waals surface area contributed by atoms with E-state index in [2.05, 4.69) is 16.2 Å². The Kier molecular flexibility index (Phi) is 5.50. The number of rotatable bonds is 4. The second-order valence-electron chi connectivity index (χ2n) is 8.85. The van der Waals surface area contributed by atoms with Gasteiger partial charge in [0.2, 0.25) is 5.91 Å². The Labute approximate surface area is 193 Å². The minimum absolute atomic E-state index is 0.00141. The minimum atomic E-state index is -3.63. The van der Waals surface area contributed by atoms with Crippen molar-refractivity contribution >= 4 is 33.4 Å². The van der Waals surface area contributed by atoms with Gasteiger partial charge in [0.15, 0.2) is 5.84 Å². The first kappa shape index (κ1) is 21.5. The summed E-state index contributed by atoms with van der Waals surface area (Å²) in [7, 11) is -3.63. The summed E-state index contributed by atoms with van der Waals surface area (Å²) in [5.74, 6) is 0.659. The number of amidine groups is 1. The van der Waals surface area contributed by atoms with Crippen LogP contribution >= 0.6 is 11.6 Å². The molecule has 0 spiro atoms. The number of likely N-dealkylation sites (tertiary alicyclic amines) is 1. The van der Waals surface area contributed by atoms with Crippen molar-refractivity contribution in [1.29, 1.82) is 0 Å². The Morgan fingerprint density at radius 2 is 1.72 bits per heavy atom. The fraction of sp³-hybridized carbons (Fsp3) is 0.417. The van der Waals surface area contributed by atoms with Gasteiger partial charge >= 0.3 is 0 Å². The van der Waals surface area contributed by atoms with Crippen LogP contribution in [0.2, 0.25) is 5.02 Å². The van der Waals surface area contributed by atoms with Gasteiger partial charge in [-0.1, -0.05) is 35.9 Å². The average Bonchev–Trinajstić information content (AvgIpc) is 3.59. The van der Waals surface area contributed by atoms with Crippen LogP contribution in [0.1, 0.15) is 49.8 Å². The summed E-state index contributed by atoms with van der Waals surface area (Å²) in [6.07, 6.45) is 3.48. The quantitative estimate of drug-likeness (QED) is 0.668. The molecule has 1 saturated heterocycles. The highest BCUT2D eigenvalue weighted by atomic mass is 35.5. The van der Waals surface area contributed by atoms with Crippen molar-refractivity contribution in [2.24, 2.45) is 10.3 Å². The van der Waals surface area contributed by atoms with Crippen LogP contribution in [0.15, 0.2) is 57.8 Å². The molecule has 0 aromatic heterocycles. The molecule has 2 fully saturated rings. The van der Waals surface area contributed by atoms with E-state index in [1.54, 1.807) is 18.2 Å². The second kappa shape index (κ2) is 8.19. The van der Waals surface area contributed by atoms with Crippen LogP contribution in [0, 0.1) is 5.92 Å². The molecule has 1 aliphatic carbocycles. The van der Waals surface area contributed by atoms with Gasteiger partial charge in [-0.05, 0) is 62.4 Å². The van der Waals surface area contributed by atoms with Crippen molar-refractivity contribution in [1.82, 2.24) is 9.80 Å². The number of fused-ring (bicyclic) bond motifs is 1. The Morgan fingerprint density at radius 3 is 2.38 bits per heavy atom. The molecule has 1 saturated carbocycles. The molecule has 1 unspecified atom stereocenters. The van der Waals surface area contributed by atoms with Gasteiger partial charge in [-0.2, -0.15) is 8.42 Å². The Balaban J connectivity index is 1.29. The molecular weight excluding hydrogens is 446 g/mol. The van der Waals surface area contributed by atoms with E-state index in [-0.39, 0.29) is 22.8 Å². The van der Waals surface area contributed by atoms with Crippen LogP contribution in [0.5, 0.6) is 0 Å². The van der Waals surface area contributed by atoms with Crippen molar-refractivity contribution < 1.29 is 13.2 Å². The molecule has 0 N–H and O–H groups in total. The molecule has 0 radical (unpaired) electrons. The van der Waals surface area contributed by atoms with Gasteiger partial charge in [-0.15, -0.1) is 4.40 Å². The van der Waals surface area contributed by atoms with Crippen molar-refractivity contribution in [3.05, 3.63) is 64.7 Å². The lowest BCUT2D eigenvalue weighted by atomic mass is 9.93. The van der Waals surface area contributed by atoms with Gasteiger partial charge in [0.1, 0.15) is 4.90 Å². The number of sulfonamides is 1. The van der Waals surface area contributed by atoms with E-state index in [4.69, 9.17) is 11.6 Å². The van der Waals surface area contributed by atoms with Crippen molar-refractivity contribution in [3.63, 3.8) is 0 Å². The van der Waals surface area contributed by atoms with Crippen LogP contribution in [-0.2, 0) is 14.8 Å². The molecular formula is C24H26ClN3O3S. The van der Waals surface area contributed by atoms with Crippen LogP contribution in [-0.4, -0.2) is 49.1 Å². The molecule has 1 atom stereocenters. The van der Waals surface area contributed by atoms with Crippen molar-refractivity contribution in [2.75, 3.05) is 13.1 Å². The first-order chi connectivity index (χ1) is 15.3. The summed E-state index contributed by atoms with van der Waals surface area (Å²) in [5.41, 5.74) is 1.75. The van der Waals surface area contributed by atoms with Crippen molar-refractivity contribution in [3.8, 4) is 0 Å². The van der Waals surface area contributed by atoms with E-state index in [0.717, 1.165) is 18.4 Å². The fourth-order valence-electron chi connectivity index (χ4n) is 4.81. The van der Waals surface area contributed by atoms with E-state index in [1.807, 2.05) is 35.2 Å². The summed E-state index contributed by atoms with van der Waals surface area (Å²) in [5, 5.41) is 0.691. The van der Waals surface area contributed by atoms with Crippen LogP contribution < -0.4 is 0 Å². The number of amides is 1. The first-order valence-corrected chi connectivity index (χ1v) is 12.9. The third-order valence-corrected chi connectivity index (χ3v) is 8.30. The zero-order valence-corrected chi connectivity index (χ0v) is 19.5. The van der Waals surface area contributed by atoms with Crippen LogP contribution in [0.25, 0.3) is 0 Å². The van der Waals surface area contributed by atoms with Gasteiger partial charge in [0.25, 0.3) is 10.0 Å². The molecule has 2 aromatic rings. The predicted octanol–water partition coefficient (Wildman–Crippen LogP) is 4.25. The van der Waals surface area contributed by atoms with Gasteiger partial charge in [-0.25, -0.2) is 0 Å². The number of halogens is 1. The Hall–Kier alpha value is -2.38. The molecule has 6 nitrogen and oxygen atoms in total. The maximum absolute atomic E-state index is 13.5. The highest BCUT2D eigenvalue weighted by molar-refractivity contribution is 7.90. The number of nitrogens with zero attached hydrogens (tertiary/aromatic N) is 3. The summed E-state index contributed by atoms with van der Waals surface area (Å²) >= 11 is 6.04. The number of hydrogen-bond donors (Lipinski definition) is 0. The lowest BCUT2D eigenvalue weighted by Gasteiger charge is -2.37. The average molecular weight is 472 g/mol. The topological polar surface area (TPSA) is 70.1 Å². The number of carbonyl (C=O) groups excluding carboxylic acids is 1. The summed E-state index contributed by atoms with van der Waals surface area (Å²) in [6.45, 7) is 3.32. The largest absolute Gasteiger partial charge is 0.355 e. The number of carbonyl (C=O) groups is 1. The smallest absolute Gasteiger partial charge is 0.285 e. The zero-order chi connectivity index (χ0) is 22.5. The van der Waals surface area contributed by atoms with Gasteiger partial charge < -0.3 is 9.80 Å². The third kappa shape index (κ3) is 3.92. The fourth-order valence-corrected chi connectivity index (χ4v) is 6.16. The molecule has 2 heterocycles. The summed E-state index contributed by atoms with van der Waals surface area (Å²) in [4.78, 5) is 17.9. The van der Waals surface area contributed by atoms with Crippen LogP contribution in [0.4, 0.5) is 0 Å². The monoisotopic (exact) mass is 471 g/mol. The Bertz CT molecular complexity index is 1170. The standard InChI is InChI=1S/C24H26ClN3O3S/c1-16(17-6-8-19(25)9-7-17)28(20-10-11-20)24(29)18-12-14-27(15-13-18)23-21-4-2-3-5-22(21)32(30,31)26-23/h2-9,16,18,20H,10-15H2,1H3. The maximum atomic E-state index is 13.5. The normalized spacial score (nSPS) is 21.1. The van der Waals surface area contributed by atoms with E-state index in [0.29, 0.717) is 48.4 Å². The van der Waals surface area contributed by atoms with E-state index in [1.165, 1.54) is 0 Å². The second-order valence-corrected chi connectivity index (χ2v) is 10.9. The highest BCUT2D eigenvalue weighted by Crippen LogP contribution is 2.38. The third-order valence-electron chi connectivity index (χ3n) is 6.72. The van der Waals surface area contributed by atoms with E-state index >= 15 is 0 Å².